The van der Waals surface area contributed by atoms with Crippen LogP contribution in [0.4, 0.5) is 11.6 Å². The van der Waals surface area contributed by atoms with E-state index in [1.807, 2.05) is 18.2 Å². The van der Waals surface area contributed by atoms with Crippen LogP contribution in [0.25, 0.3) is 60.8 Å². The van der Waals surface area contributed by atoms with E-state index in [0.29, 0.717) is 12.5 Å². The van der Waals surface area contributed by atoms with E-state index < -0.39 is 0 Å². The summed E-state index contributed by atoms with van der Waals surface area (Å²) in [7, 11) is 0. The second kappa shape index (κ2) is 11.9. The summed E-state index contributed by atoms with van der Waals surface area (Å²) in [5, 5.41) is 3.48. The molecule has 0 atom stereocenters. The molecule has 2 aromatic heterocycles. The normalized spacial score (nSPS) is 15.0. The molecule has 0 saturated carbocycles. The highest BCUT2D eigenvalue weighted by Gasteiger charge is 2.21. The van der Waals surface area contributed by atoms with Crippen LogP contribution in [0.3, 0.4) is 0 Å². The van der Waals surface area contributed by atoms with Gasteiger partial charge in [-0.15, -0.1) is 0 Å². The Morgan fingerprint density at radius 2 is 1.27 bits per heavy atom. The van der Waals surface area contributed by atoms with E-state index in [1.54, 1.807) is 0 Å². The smallest absolute Gasteiger partial charge is 0.231 e. The van der Waals surface area contributed by atoms with E-state index in [9.17, 15) is 0 Å². The van der Waals surface area contributed by atoms with Gasteiger partial charge in [0, 0.05) is 39.5 Å². The van der Waals surface area contributed by atoms with E-state index in [-0.39, 0.29) is 0 Å². The van der Waals surface area contributed by atoms with Gasteiger partial charge in [0.2, 0.25) is 5.95 Å². The Hall–Kier alpha value is -6.52. The molecule has 0 saturated heterocycles. The number of nitrogens with zero attached hydrogens (tertiary/aromatic N) is 4. The van der Waals surface area contributed by atoms with Gasteiger partial charge in [0.1, 0.15) is 0 Å². The summed E-state index contributed by atoms with van der Waals surface area (Å²) >= 11 is 0. The van der Waals surface area contributed by atoms with Gasteiger partial charge in [-0.25, -0.2) is 9.97 Å². The highest BCUT2D eigenvalue weighted by molar-refractivity contribution is 6.10. The van der Waals surface area contributed by atoms with Crippen molar-refractivity contribution in [1.29, 1.82) is 0 Å². The Morgan fingerprint density at radius 3 is 2.12 bits per heavy atom. The second-order valence-corrected chi connectivity index (χ2v) is 12.3. The molecule has 3 heterocycles. The fourth-order valence-corrected chi connectivity index (χ4v) is 7.06. The minimum atomic E-state index is 0.587. The monoisotopic (exact) mass is 628 g/mol. The van der Waals surface area contributed by atoms with Gasteiger partial charge in [-0.05, 0) is 65.3 Å². The maximum absolute atomic E-state index is 5.22. The lowest BCUT2D eigenvalue weighted by atomic mass is 9.97. The standard InChI is InChI=1S/C45H32N4/c1-31-29-33(34-26-27-43-39(30-34)37-21-10-13-25-42(37)49(43)35-18-6-3-7-19-35)17-14-28-48(41-24-12-9-20-36(31)41)45-46-40-23-11-8-22-38(40)44(47-45)32-15-4-2-5-16-32/h2-27,29-30H,1,28H2/b17-14-,33-29+. The number of hydrogen-bond donors (Lipinski definition) is 0. The molecule has 0 spiro atoms. The molecule has 9 rings (SSSR count). The van der Waals surface area contributed by atoms with Crippen LogP contribution in [0.2, 0.25) is 0 Å². The number of benzene rings is 6. The summed E-state index contributed by atoms with van der Waals surface area (Å²) in [6, 6.07) is 53.0. The summed E-state index contributed by atoms with van der Waals surface area (Å²) < 4.78 is 2.35. The lowest BCUT2D eigenvalue weighted by molar-refractivity contribution is 1.00. The zero-order chi connectivity index (χ0) is 32.7. The summed E-state index contributed by atoms with van der Waals surface area (Å²) in [5.74, 6) is 0.654. The lowest BCUT2D eigenvalue weighted by Crippen LogP contribution is -2.21. The molecule has 0 amide bonds. The van der Waals surface area contributed by atoms with Crippen LogP contribution in [0.5, 0.6) is 0 Å². The first kappa shape index (κ1) is 28.7. The molecule has 4 heteroatoms. The molecule has 0 bridgehead atoms. The van der Waals surface area contributed by atoms with Crippen LogP contribution in [-0.2, 0) is 0 Å². The van der Waals surface area contributed by atoms with Crippen molar-refractivity contribution in [1.82, 2.24) is 14.5 Å². The molecule has 1 aliphatic heterocycles. The van der Waals surface area contributed by atoms with Crippen LogP contribution in [0.15, 0.2) is 176 Å². The zero-order valence-electron chi connectivity index (χ0n) is 26.9. The molecule has 0 N–H and O–H groups in total. The zero-order valence-corrected chi connectivity index (χ0v) is 26.9. The number of anilines is 2. The molecule has 49 heavy (non-hydrogen) atoms. The predicted molar refractivity (Wildman–Crippen MR) is 205 cm³/mol. The van der Waals surface area contributed by atoms with Gasteiger partial charge < -0.3 is 9.47 Å². The maximum Gasteiger partial charge on any atom is 0.231 e. The minimum absolute atomic E-state index is 0.587. The van der Waals surface area contributed by atoms with Gasteiger partial charge in [-0.3, -0.25) is 0 Å². The Kier molecular flexibility index (Phi) is 6.98. The molecule has 8 aromatic rings. The van der Waals surface area contributed by atoms with Crippen molar-refractivity contribution >= 4 is 55.5 Å². The summed E-state index contributed by atoms with van der Waals surface area (Å²) in [6.07, 6.45) is 6.62. The number of hydrogen-bond acceptors (Lipinski definition) is 3. The van der Waals surface area contributed by atoms with Gasteiger partial charge in [-0.1, -0.05) is 128 Å². The third kappa shape index (κ3) is 5.02. The van der Waals surface area contributed by atoms with Crippen LogP contribution in [0.1, 0.15) is 11.1 Å². The topological polar surface area (TPSA) is 34.0 Å². The Labute approximate surface area is 285 Å². The number of allylic oxidation sites excluding steroid dienone is 4. The van der Waals surface area contributed by atoms with Crippen molar-refractivity contribution in [3.05, 3.63) is 188 Å². The average molecular weight is 629 g/mol. The highest BCUT2D eigenvalue weighted by Crippen LogP contribution is 2.38. The number of aromatic nitrogens is 3. The fourth-order valence-electron chi connectivity index (χ4n) is 7.06. The maximum atomic E-state index is 5.22. The molecule has 0 aliphatic carbocycles. The van der Waals surface area contributed by atoms with Gasteiger partial charge in [0.05, 0.1) is 27.9 Å². The van der Waals surface area contributed by atoms with Crippen LogP contribution in [0, 0.1) is 0 Å². The van der Waals surface area contributed by atoms with Crippen LogP contribution in [-0.4, -0.2) is 21.1 Å². The van der Waals surface area contributed by atoms with Crippen molar-refractivity contribution in [2.24, 2.45) is 0 Å². The molecule has 232 valence electrons. The number of fused-ring (bicyclic) bond motifs is 5. The van der Waals surface area contributed by atoms with E-state index in [4.69, 9.17) is 9.97 Å². The molecule has 6 aromatic carbocycles. The molecule has 0 fully saturated rings. The number of rotatable bonds is 4. The van der Waals surface area contributed by atoms with Crippen molar-refractivity contribution in [2.75, 3.05) is 11.4 Å². The van der Waals surface area contributed by atoms with E-state index in [0.717, 1.165) is 55.8 Å². The van der Waals surface area contributed by atoms with Gasteiger partial charge >= 0.3 is 0 Å². The van der Waals surface area contributed by atoms with Gasteiger partial charge in [-0.2, -0.15) is 0 Å². The largest absolute Gasteiger partial charge is 0.309 e. The van der Waals surface area contributed by atoms with E-state index in [2.05, 4.69) is 168 Å². The van der Waals surface area contributed by atoms with E-state index in [1.165, 1.54) is 21.8 Å². The van der Waals surface area contributed by atoms with E-state index >= 15 is 0 Å². The molecule has 0 unspecified atom stereocenters. The molecular weight excluding hydrogens is 597 g/mol. The quantitative estimate of drug-likeness (QED) is 0.194. The third-order valence-corrected chi connectivity index (χ3v) is 9.36. The van der Waals surface area contributed by atoms with Crippen LogP contribution < -0.4 is 4.90 Å². The predicted octanol–water partition coefficient (Wildman–Crippen LogP) is 11.2. The SMILES string of the molecule is C=C1/C=C(c2ccc3c(c2)c2ccccc2n3-c2ccccc2)\C=C/CN(c2nc(-c3ccccc3)c3ccccc3n2)c2ccccc21. The Bertz CT molecular complexity index is 2590. The van der Waals surface area contributed by atoms with Crippen LogP contribution >= 0.6 is 0 Å². The molecule has 1 aliphatic rings. The second-order valence-electron chi connectivity index (χ2n) is 12.3. The Balaban J connectivity index is 1.17. The summed E-state index contributed by atoms with van der Waals surface area (Å²) in [4.78, 5) is 12.5. The highest BCUT2D eigenvalue weighted by atomic mass is 15.3. The van der Waals surface area contributed by atoms with Crippen molar-refractivity contribution < 1.29 is 0 Å². The summed E-state index contributed by atoms with van der Waals surface area (Å²) in [5.41, 5.74) is 11.7. The van der Waals surface area contributed by atoms with Crippen molar-refractivity contribution in [3.63, 3.8) is 0 Å². The summed E-state index contributed by atoms with van der Waals surface area (Å²) in [6.45, 7) is 5.18. The van der Waals surface area contributed by atoms with Crippen molar-refractivity contribution in [3.8, 4) is 16.9 Å². The molecule has 4 nitrogen and oxygen atoms in total. The lowest BCUT2D eigenvalue weighted by Gasteiger charge is -2.25. The minimum Gasteiger partial charge on any atom is -0.309 e. The first-order valence-electron chi connectivity index (χ1n) is 16.6. The average Bonchev–Trinajstić information content (AvgIpc) is 3.52. The van der Waals surface area contributed by atoms with Gasteiger partial charge in [0.15, 0.2) is 0 Å². The first-order chi connectivity index (χ1) is 24.2. The van der Waals surface area contributed by atoms with Gasteiger partial charge in [0.25, 0.3) is 0 Å². The molecular formula is C45H32N4. The Morgan fingerprint density at radius 1 is 0.571 bits per heavy atom. The number of para-hydroxylation sites is 4. The molecule has 0 radical (unpaired) electrons. The van der Waals surface area contributed by atoms with Crippen molar-refractivity contribution in [2.45, 2.75) is 0 Å². The third-order valence-electron chi connectivity index (χ3n) is 9.36. The fraction of sp³-hybridized carbons (Fsp3) is 0.0222. The first-order valence-corrected chi connectivity index (χ1v) is 16.6.